The van der Waals surface area contributed by atoms with Crippen molar-refractivity contribution in [2.75, 3.05) is 11.9 Å². The lowest BCUT2D eigenvalue weighted by molar-refractivity contribution is -0.307. The highest BCUT2D eigenvalue weighted by molar-refractivity contribution is 5.90. The number of nitrogens with zero attached hydrogens (tertiary/aromatic N) is 1. The standard InChI is InChI=1S/C16H15N3O4/c20-15(21)11-23-14-9-5-4-6-12(14)10-17-19-16(22)18-13-7-2-1-3-8-13/h1-10H,11H2,(H,20,21)(H2,18,19,22)/p-1/b17-10-. The van der Waals surface area contributed by atoms with E-state index in [1.807, 2.05) is 6.07 Å². The van der Waals surface area contributed by atoms with Crippen molar-refractivity contribution in [3.05, 3.63) is 60.2 Å². The Bertz CT molecular complexity index is 701. The van der Waals surface area contributed by atoms with Gasteiger partial charge in [0.25, 0.3) is 0 Å². The summed E-state index contributed by atoms with van der Waals surface area (Å²) >= 11 is 0. The molecular formula is C16H14N3O4-. The zero-order chi connectivity index (χ0) is 16.5. The van der Waals surface area contributed by atoms with Crippen LogP contribution in [-0.2, 0) is 4.79 Å². The zero-order valence-electron chi connectivity index (χ0n) is 12.1. The van der Waals surface area contributed by atoms with Crippen LogP contribution in [0.1, 0.15) is 5.56 Å². The topological polar surface area (TPSA) is 103 Å². The predicted molar refractivity (Wildman–Crippen MR) is 83.1 cm³/mol. The van der Waals surface area contributed by atoms with E-state index in [2.05, 4.69) is 15.8 Å². The van der Waals surface area contributed by atoms with Gasteiger partial charge in [-0.25, -0.2) is 10.2 Å². The molecule has 0 saturated heterocycles. The number of carboxylic acid groups (broad SMARTS) is 1. The van der Waals surface area contributed by atoms with Crippen molar-refractivity contribution in [1.29, 1.82) is 0 Å². The molecule has 0 heterocycles. The van der Waals surface area contributed by atoms with E-state index in [0.29, 0.717) is 17.0 Å². The van der Waals surface area contributed by atoms with Gasteiger partial charge in [-0.3, -0.25) is 0 Å². The Morgan fingerprint density at radius 2 is 1.78 bits per heavy atom. The number of nitrogens with one attached hydrogen (secondary N) is 2. The minimum atomic E-state index is -1.32. The smallest absolute Gasteiger partial charge is 0.339 e. The number of carboxylic acids is 1. The summed E-state index contributed by atoms with van der Waals surface area (Å²) in [7, 11) is 0. The normalized spacial score (nSPS) is 10.3. The minimum absolute atomic E-state index is 0.325. The monoisotopic (exact) mass is 312 g/mol. The van der Waals surface area contributed by atoms with Gasteiger partial charge in [0.1, 0.15) is 12.4 Å². The number of carbonyl (C=O) groups excluding carboxylic acids is 2. The van der Waals surface area contributed by atoms with Crippen LogP contribution in [0, 0.1) is 0 Å². The van der Waals surface area contributed by atoms with Gasteiger partial charge in [0, 0.05) is 11.3 Å². The molecule has 0 saturated carbocycles. The molecule has 0 radical (unpaired) electrons. The number of hydrogen-bond donors (Lipinski definition) is 2. The first-order chi connectivity index (χ1) is 11.1. The molecule has 7 nitrogen and oxygen atoms in total. The van der Waals surface area contributed by atoms with E-state index in [0.717, 1.165) is 0 Å². The third kappa shape index (κ3) is 5.50. The number of benzene rings is 2. The lowest BCUT2D eigenvalue weighted by Crippen LogP contribution is -2.29. The molecule has 0 aliphatic rings. The molecule has 2 rings (SSSR count). The number of amides is 2. The first-order valence-electron chi connectivity index (χ1n) is 6.72. The van der Waals surface area contributed by atoms with Gasteiger partial charge in [-0.1, -0.05) is 30.3 Å². The molecule has 23 heavy (non-hydrogen) atoms. The zero-order valence-corrected chi connectivity index (χ0v) is 12.1. The Balaban J connectivity index is 1.92. The number of para-hydroxylation sites is 2. The molecule has 0 aliphatic heterocycles. The quantitative estimate of drug-likeness (QED) is 0.613. The van der Waals surface area contributed by atoms with Crippen LogP contribution < -0.4 is 20.6 Å². The van der Waals surface area contributed by atoms with Crippen molar-refractivity contribution in [2.24, 2.45) is 5.10 Å². The second kappa shape index (κ2) is 8.18. The fourth-order valence-electron chi connectivity index (χ4n) is 1.70. The molecule has 0 unspecified atom stereocenters. The molecule has 0 fully saturated rings. The number of carbonyl (C=O) groups is 2. The van der Waals surface area contributed by atoms with Crippen LogP contribution in [0.3, 0.4) is 0 Å². The summed E-state index contributed by atoms with van der Waals surface area (Å²) in [5, 5.41) is 16.8. The Kier molecular flexibility index (Phi) is 5.70. The Morgan fingerprint density at radius 3 is 2.52 bits per heavy atom. The van der Waals surface area contributed by atoms with Crippen LogP contribution in [-0.4, -0.2) is 24.8 Å². The van der Waals surface area contributed by atoms with Gasteiger partial charge < -0.3 is 20.0 Å². The highest BCUT2D eigenvalue weighted by atomic mass is 16.5. The highest BCUT2D eigenvalue weighted by Crippen LogP contribution is 2.15. The highest BCUT2D eigenvalue weighted by Gasteiger charge is 2.02. The molecule has 0 atom stereocenters. The molecular weight excluding hydrogens is 298 g/mol. The Morgan fingerprint density at radius 1 is 1.09 bits per heavy atom. The van der Waals surface area contributed by atoms with E-state index in [1.165, 1.54) is 6.21 Å². The number of anilines is 1. The number of rotatable bonds is 6. The van der Waals surface area contributed by atoms with E-state index in [-0.39, 0.29) is 0 Å². The SMILES string of the molecule is O=C([O-])COc1ccccc1/C=N\NC(=O)Nc1ccccc1. The summed E-state index contributed by atoms with van der Waals surface area (Å²) in [4.78, 5) is 22.1. The molecule has 118 valence electrons. The van der Waals surface area contributed by atoms with Gasteiger partial charge in [0.05, 0.1) is 12.2 Å². The van der Waals surface area contributed by atoms with E-state index >= 15 is 0 Å². The fraction of sp³-hybridized carbons (Fsp3) is 0.0625. The maximum atomic E-state index is 11.6. The first kappa shape index (κ1) is 16.0. The summed E-state index contributed by atoms with van der Waals surface area (Å²) in [6.07, 6.45) is 1.36. The van der Waals surface area contributed by atoms with E-state index in [9.17, 15) is 14.7 Å². The van der Waals surface area contributed by atoms with Crippen LogP contribution in [0.2, 0.25) is 0 Å². The number of ether oxygens (including phenoxy) is 1. The lowest BCUT2D eigenvalue weighted by atomic mass is 10.2. The van der Waals surface area contributed by atoms with Crippen LogP contribution in [0.15, 0.2) is 59.7 Å². The summed E-state index contributed by atoms with van der Waals surface area (Å²) < 4.78 is 5.07. The van der Waals surface area contributed by atoms with Crippen molar-refractivity contribution in [2.45, 2.75) is 0 Å². The van der Waals surface area contributed by atoms with Crippen LogP contribution >= 0.6 is 0 Å². The molecule has 0 bridgehead atoms. The van der Waals surface area contributed by atoms with E-state index < -0.39 is 18.6 Å². The summed E-state index contributed by atoms with van der Waals surface area (Å²) in [6.45, 7) is -0.563. The molecule has 7 heteroatoms. The van der Waals surface area contributed by atoms with Crippen LogP contribution in [0.25, 0.3) is 0 Å². The Labute approximate surface area is 132 Å². The average molecular weight is 312 g/mol. The second-order valence-electron chi connectivity index (χ2n) is 4.39. The first-order valence-corrected chi connectivity index (χ1v) is 6.72. The van der Waals surface area contributed by atoms with Gasteiger partial charge in [-0.15, -0.1) is 0 Å². The largest absolute Gasteiger partial charge is 0.546 e. The molecule has 2 N–H and O–H groups in total. The second-order valence-corrected chi connectivity index (χ2v) is 4.39. The van der Waals surface area contributed by atoms with E-state index in [1.54, 1.807) is 48.5 Å². The molecule has 0 aliphatic carbocycles. The van der Waals surface area contributed by atoms with E-state index in [4.69, 9.17) is 4.74 Å². The van der Waals surface area contributed by atoms with Crippen molar-refractivity contribution in [3.63, 3.8) is 0 Å². The molecule has 0 aromatic heterocycles. The van der Waals surface area contributed by atoms with Gasteiger partial charge in [-0.05, 0) is 24.3 Å². The predicted octanol–water partition coefficient (Wildman–Crippen LogP) is 0.971. The maximum Gasteiger partial charge on any atom is 0.339 e. The average Bonchev–Trinajstić information content (AvgIpc) is 2.55. The van der Waals surface area contributed by atoms with Crippen molar-refractivity contribution < 1.29 is 19.4 Å². The molecule has 0 spiro atoms. The fourth-order valence-corrected chi connectivity index (χ4v) is 1.70. The third-order valence-corrected chi connectivity index (χ3v) is 2.67. The van der Waals surface area contributed by atoms with Crippen molar-refractivity contribution in [1.82, 2.24) is 5.43 Å². The minimum Gasteiger partial charge on any atom is -0.546 e. The van der Waals surface area contributed by atoms with Crippen LogP contribution in [0.4, 0.5) is 10.5 Å². The number of urea groups is 1. The Hall–Kier alpha value is -3.35. The van der Waals surface area contributed by atoms with Crippen LogP contribution in [0.5, 0.6) is 5.75 Å². The molecule has 2 aromatic rings. The summed E-state index contributed by atoms with van der Waals surface area (Å²) in [6, 6.07) is 15.1. The number of hydrogen-bond acceptors (Lipinski definition) is 5. The van der Waals surface area contributed by atoms with Crippen molar-refractivity contribution in [3.8, 4) is 5.75 Å². The maximum absolute atomic E-state index is 11.6. The lowest BCUT2D eigenvalue weighted by Gasteiger charge is -2.09. The summed E-state index contributed by atoms with van der Waals surface area (Å²) in [5.41, 5.74) is 3.47. The number of hydrazone groups is 1. The number of aliphatic carboxylic acids is 1. The van der Waals surface area contributed by atoms with Gasteiger partial charge in [0.2, 0.25) is 0 Å². The van der Waals surface area contributed by atoms with Crippen molar-refractivity contribution >= 4 is 23.9 Å². The summed E-state index contributed by atoms with van der Waals surface area (Å²) in [5.74, 6) is -0.997. The van der Waals surface area contributed by atoms with Gasteiger partial charge >= 0.3 is 6.03 Å². The molecule has 2 amide bonds. The van der Waals surface area contributed by atoms with Gasteiger partial charge in [-0.2, -0.15) is 5.10 Å². The third-order valence-electron chi connectivity index (χ3n) is 2.67. The van der Waals surface area contributed by atoms with Gasteiger partial charge in [0.15, 0.2) is 0 Å². The molecule has 2 aromatic carbocycles.